The van der Waals surface area contributed by atoms with Gasteiger partial charge in [-0.25, -0.2) is 9.97 Å². The third-order valence-corrected chi connectivity index (χ3v) is 3.03. The maximum absolute atomic E-state index is 4.28. The summed E-state index contributed by atoms with van der Waals surface area (Å²) in [5.41, 5.74) is 3.06. The number of hydrogen-bond donors (Lipinski definition) is 2. The molecular weight excluding hydrogens is 226 g/mol. The molecule has 5 heteroatoms. The van der Waals surface area contributed by atoms with Crippen molar-refractivity contribution in [3.05, 3.63) is 41.9 Å². The van der Waals surface area contributed by atoms with Crippen molar-refractivity contribution in [1.82, 2.24) is 20.2 Å². The molecule has 0 radical (unpaired) electrons. The number of hydrogen-bond acceptors (Lipinski definition) is 4. The van der Waals surface area contributed by atoms with Crippen molar-refractivity contribution >= 4 is 22.5 Å². The van der Waals surface area contributed by atoms with Crippen LogP contribution in [0.2, 0.25) is 0 Å². The topological polar surface area (TPSA) is 66.5 Å². The zero-order valence-electron chi connectivity index (χ0n) is 10.2. The summed E-state index contributed by atoms with van der Waals surface area (Å²) in [5.74, 6) is 1.58. The number of H-pyrrole nitrogens is 1. The second-order valence-corrected chi connectivity index (χ2v) is 4.19. The third-order valence-electron chi connectivity index (χ3n) is 3.03. The largest absolute Gasteiger partial charge is 0.323 e. The molecule has 0 fully saturated rings. The molecule has 0 saturated carbocycles. The molecule has 3 rings (SSSR count). The summed E-state index contributed by atoms with van der Waals surface area (Å²) < 4.78 is 0. The lowest BCUT2D eigenvalue weighted by molar-refractivity contribution is 1.05. The van der Waals surface area contributed by atoms with Gasteiger partial charge in [0.05, 0.1) is 5.52 Å². The number of benzene rings is 1. The molecule has 0 aliphatic carbocycles. The average molecular weight is 239 g/mol. The van der Waals surface area contributed by atoms with Gasteiger partial charge in [0.2, 0.25) is 0 Å². The van der Waals surface area contributed by atoms with Crippen LogP contribution in [0.25, 0.3) is 10.9 Å². The van der Waals surface area contributed by atoms with Gasteiger partial charge in [-0.2, -0.15) is 5.10 Å². The molecule has 18 heavy (non-hydrogen) atoms. The molecule has 2 N–H and O–H groups in total. The number of para-hydroxylation sites is 1. The molecule has 2 heterocycles. The molecule has 0 unspecified atom stereocenters. The predicted octanol–water partition coefficient (Wildman–Crippen LogP) is 2.71. The zero-order chi connectivity index (χ0) is 12.5. The van der Waals surface area contributed by atoms with Crippen LogP contribution in [0.1, 0.15) is 11.3 Å². The lowest BCUT2D eigenvalue weighted by Gasteiger charge is -2.06. The van der Waals surface area contributed by atoms with Gasteiger partial charge in [-0.15, -0.1) is 0 Å². The Morgan fingerprint density at radius 2 is 1.89 bits per heavy atom. The zero-order valence-corrected chi connectivity index (χ0v) is 10.2. The highest BCUT2D eigenvalue weighted by Gasteiger charge is 2.08. The Morgan fingerprint density at radius 1 is 1.06 bits per heavy atom. The smallest absolute Gasteiger partial charge is 0.156 e. The molecule has 0 amide bonds. The van der Waals surface area contributed by atoms with Crippen LogP contribution >= 0.6 is 0 Å². The van der Waals surface area contributed by atoms with Crippen LogP contribution in [0.15, 0.2) is 30.6 Å². The Hall–Kier alpha value is -2.43. The Labute approximate surface area is 104 Å². The first-order chi connectivity index (χ1) is 8.75. The third kappa shape index (κ3) is 1.69. The molecule has 0 saturated heterocycles. The Bertz CT molecular complexity index is 696. The van der Waals surface area contributed by atoms with Crippen LogP contribution in [0, 0.1) is 13.8 Å². The van der Waals surface area contributed by atoms with Crippen LogP contribution in [0.4, 0.5) is 11.6 Å². The second-order valence-electron chi connectivity index (χ2n) is 4.19. The number of anilines is 2. The van der Waals surface area contributed by atoms with Gasteiger partial charge in [0.25, 0.3) is 0 Å². The van der Waals surface area contributed by atoms with Crippen molar-refractivity contribution in [1.29, 1.82) is 0 Å². The minimum absolute atomic E-state index is 0.773. The number of aromatic amines is 1. The average Bonchev–Trinajstić information content (AvgIpc) is 2.71. The molecule has 1 aromatic carbocycles. The van der Waals surface area contributed by atoms with Gasteiger partial charge in [-0.1, -0.05) is 12.1 Å². The van der Waals surface area contributed by atoms with Gasteiger partial charge in [0, 0.05) is 16.6 Å². The lowest BCUT2D eigenvalue weighted by atomic mass is 10.2. The highest BCUT2D eigenvalue weighted by molar-refractivity contribution is 5.90. The van der Waals surface area contributed by atoms with Crippen LogP contribution in [-0.4, -0.2) is 20.2 Å². The van der Waals surface area contributed by atoms with E-state index in [1.807, 2.05) is 38.1 Å². The van der Waals surface area contributed by atoms with Crippen LogP contribution in [-0.2, 0) is 0 Å². The number of rotatable bonds is 2. The number of aromatic nitrogens is 4. The fourth-order valence-electron chi connectivity index (χ4n) is 1.82. The van der Waals surface area contributed by atoms with Gasteiger partial charge < -0.3 is 5.32 Å². The Morgan fingerprint density at radius 3 is 2.67 bits per heavy atom. The van der Waals surface area contributed by atoms with Gasteiger partial charge in [-0.05, 0) is 26.0 Å². The number of fused-ring (bicyclic) bond motifs is 1. The van der Waals surface area contributed by atoms with Gasteiger partial charge >= 0.3 is 0 Å². The summed E-state index contributed by atoms with van der Waals surface area (Å²) in [4.78, 5) is 8.51. The van der Waals surface area contributed by atoms with Crippen molar-refractivity contribution in [2.75, 3.05) is 5.32 Å². The van der Waals surface area contributed by atoms with Crippen LogP contribution < -0.4 is 5.32 Å². The van der Waals surface area contributed by atoms with Crippen molar-refractivity contribution in [2.24, 2.45) is 0 Å². The summed E-state index contributed by atoms with van der Waals surface area (Å²) >= 11 is 0. The monoisotopic (exact) mass is 239 g/mol. The molecule has 0 spiro atoms. The molecule has 0 aliphatic heterocycles. The summed E-state index contributed by atoms with van der Waals surface area (Å²) in [7, 11) is 0. The molecule has 0 atom stereocenters. The fourth-order valence-corrected chi connectivity index (χ4v) is 1.82. The van der Waals surface area contributed by atoms with Gasteiger partial charge in [-0.3, -0.25) is 5.10 Å². The van der Waals surface area contributed by atoms with E-state index in [-0.39, 0.29) is 0 Å². The second kappa shape index (κ2) is 4.10. The van der Waals surface area contributed by atoms with Crippen molar-refractivity contribution in [3.63, 3.8) is 0 Å². The molecule has 0 bridgehead atoms. The van der Waals surface area contributed by atoms with E-state index >= 15 is 0 Å². The summed E-state index contributed by atoms with van der Waals surface area (Å²) in [6.07, 6.45) is 1.56. The minimum Gasteiger partial charge on any atom is -0.323 e. The molecule has 5 nitrogen and oxygen atoms in total. The normalized spacial score (nSPS) is 10.8. The minimum atomic E-state index is 0.773. The first-order valence-corrected chi connectivity index (χ1v) is 5.74. The molecule has 0 aliphatic rings. The number of nitrogens with one attached hydrogen (secondary N) is 2. The predicted molar refractivity (Wildman–Crippen MR) is 70.9 cm³/mol. The Kier molecular flexibility index (Phi) is 2.44. The number of aryl methyl sites for hydroxylation is 1. The van der Waals surface area contributed by atoms with E-state index in [4.69, 9.17) is 0 Å². The number of nitrogens with zero attached hydrogens (tertiary/aromatic N) is 3. The van der Waals surface area contributed by atoms with E-state index in [1.54, 1.807) is 6.33 Å². The van der Waals surface area contributed by atoms with E-state index in [0.29, 0.717) is 0 Å². The first kappa shape index (κ1) is 10.7. The highest BCUT2D eigenvalue weighted by atomic mass is 15.2. The molecule has 3 aromatic rings. The van der Waals surface area contributed by atoms with Crippen LogP contribution in [0.3, 0.4) is 0 Å². The van der Waals surface area contributed by atoms with Gasteiger partial charge in [0.15, 0.2) is 5.82 Å². The van der Waals surface area contributed by atoms with E-state index in [2.05, 4.69) is 25.5 Å². The maximum atomic E-state index is 4.28. The lowest BCUT2D eigenvalue weighted by Crippen LogP contribution is -1.97. The van der Waals surface area contributed by atoms with Gasteiger partial charge in [0.1, 0.15) is 12.1 Å². The van der Waals surface area contributed by atoms with Crippen molar-refractivity contribution < 1.29 is 0 Å². The quantitative estimate of drug-likeness (QED) is 0.721. The summed E-state index contributed by atoms with van der Waals surface area (Å²) in [5, 5.41) is 11.4. The first-order valence-electron chi connectivity index (χ1n) is 5.74. The van der Waals surface area contributed by atoms with Crippen LogP contribution in [0.5, 0.6) is 0 Å². The standard InChI is InChI=1S/C13H13N5/c1-8-9(2)17-18-12(8)16-13-10-5-3-4-6-11(10)14-7-15-13/h3-7H,1-2H3,(H2,14,15,16,17,18). The molecule has 90 valence electrons. The summed E-state index contributed by atoms with van der Waals surface area (Å²) in [6.45, 7) is 4.01. The van der Waals surface area contributed by atoms with E-state index in [1.165, 1.54) is 0 Å². The van der Waals surface area contributed by atoms with E-state index in [0.717, 1.165) is 33.8 Å². The fraction of sp³-hybridized carbons (Fsp3) is 0.154. The van der Waals surface area contributed by atoms with Crippen molar-refractivity contribution in [3.8, 4) is 0 Å². The molecular formula is C13H13N5. The van der Waals surface area contributed by atoms with E-state index < -0.39 is 0 Å². The molecule has 2 aromatic heterocycles. The Balaban J connectivity index is 2.08. The maximum Gasteiger partial charge on any atom is 0.156 e. The highest BCUT2D eigenvalue weighted by Crippen LogP contribution is 2.23. The van der Waals surface area contributed by atoms with E-state index in [9.17, 15) is 0 Å². The van der Waals surface area contributed by atoms with Crippen molar-refractivity contribution in [2.45, 2.75) is 13.8 Å². The summed E-state index contributed by atoms with van der Waals surface area (Å²) in [6, 6.07) is 7.89. The SMILES string of the molecule is Cc1[nH]nc(Nc2ncnc3ccccc23)c1C.